The van der Waals surface area contributed by atoms with Gasteiger partial charge in [0.05, 0.1) is 18.4 Å². The number of methoxy groups -OCH3 is 1. The number of aromatic nitrogens is 1. The van der Waals surface area contributed by atoms with E-state index < -0.39 is 0 Å². The second-order valence-electron chi connectivity index (χ2n) is 7.18. The van der Waals surface area contributed by atoms with Crippen molar-refractivity contribution in [1.29, 1.82) is 0 Å². The van der Waals surface area contributed by atoms with Crippen molar-refractivity contribution in [2.75, 3.05) is 25.6 Å². The van der Waals surface area contributed by atoms with Crippen LogP contribution in [-0.4, -0.2) is 37.2 Å². The predicted molar refractivity (Wildman–Crippen MR) is 122 cm³/mol. The lowest BCUT2D eigenvalue weighted by Crippen LogP contribution is -2.28. The lowest BCUT2D eigenvalue weighted by atomic mass is 10.1. The number of likely N-dealkylation sites (N-methyl/N-ethyl adjacent to an activating group) is 1. The molecule has 0 aliphatic rings. The summed E-state index contributed by atoms with van der Waals surface area (Å²) in [4.78, 5) is 24.3. The van der Waals surface area contributed by atoms with Crippen molar-refractivity contribution in [2.45, 2.75) is 27.4 Å². The largest absolute Gasteiger partial charge is 0.493 e. The first-order valence-corrected chi connectivity index (χ1v) is 10.4. The Morgan fingerprint density at radius 2 is 1.88 bits per heavy atom. The monoisotopic (exact) mass is 453 g/mol. The third-order valence-electron chi connectivity index (χ3n) is 4.81. The maximum absolute atomic E-state index is 12.8. The molecule has 0 unspecified atom stereocenters. The van der Waals surface area contributed by atoms with E-state index in [1.165, 1.54) is 7.11 Å². The second kappa shape index (κ2) is 11.0. The number of rotatable bonds is 10. The first-order chi connectivity index (χ1) is 15.9. The van der Waals surface area contributed by atoms with Crippen LogP contribution in [0.2, 0.25) is 0 Å². The first-order valence-electron chi connectivity index (χ1n) is 10.4. The van der Waals surface area contributed by atoms with E-state index in [9.17, 15) is 9.59 Å². The molecule has 0 saturated carbocycles. The van der Waals surface area contributed by atoms with Crippen molar-refractivity contribution < 1.29 is 28.3 Å². The Hall–Kier alpha value is -4.01. The van der Waals surface area contributed by atoms with Crippen LogP contribution in [0.5, 0.6) is 17.2 Å². The summed E-state index contributed by atoms with van der Waals surface area (Å²) in [6, 6.07) is 11.8. The van der Waals surface area contributed by atoms with Crippen LogP contribution in [0.4, 0.5) is 5.69 Å². The van der Waals surface area contributed by atoms with Crippen LogP contribution in [0.1, 0.15) is 34.3 Å². The van der Waals surface area contributed by atoms with E-state index in [4.69, 9.17) is 18.7 Å². The average Bonchev–Trinajstić information content (AvgIpc) is 3.13. The first kappa shape index (κ1) is 23.6. The van der Waals surface area contributed by atoms with Gasteiger partial charge in [-0.25, -0.2) is 0 Å². The molecule has 3 aromatic rings. The van der Waals surface area contributed by atoms with E-state index >= 15 is 0 Å². The predicted octanol–water partition coefficient (Wildman–Crippen LogP) is 3.65. The summed E-state index contributed by atoms with van der Waals surface area (Å²) < 4.78 is 21.9. The van der Waals surface area contributed by atoms with Crippen LogP contribution < -0.4 is 24.8 Å². The minimum Gasteiger partial charge on any atom is -0.493 e. The van der Waals surface area contributed by atoms with Gasteiger partial charge in [-0.05, 0) is 51.1 Å². The fourth-order valence-electron chi connectivity index (χ4n) is 3.05. The number of carbonyl (C=O) groups is 2. The third kappa shape index (κ3) is 6.25. The number of nitrogens with zero attached hydrogens (tertiary/aromatic N) is 1. The number of hydrogen-bond acceptors (Lipinski definition) is 7. The van der Waals surface area contributed by atoms with Crippen molar-refractivity contribution >= 4 is 17.5 Å². The van der Waals surface area contributed by atoms with Crippen LogP contribution in [0.25, 0.3) is 0 Å². The number of hydrogen-bond donors (Lipinski definition) is 2. The Morgan fingerprint density at radius 1 is 1.06 bits per heavy atom. The van der Waals surface area contributed by atoms with Crippen LogP contribution in [0.3, 0.4) is 0 Å². The molecule has 0 spiro atoms. The molecule has 0 radical (unpaired) electrons. The second-order valence-corrected chi connectivity index (χ2v) is 7.18. The number of anilines is 1. The lowest BCUT2D eigenvalue weighted by Gasteiger charge is -2.13. The zero-order valence-electron chi connectivity index (χ0n) is 19.1. The number of nitrogens with one attached hydrogen (secondary N) is 2. The Labute approximate surface area is 192 Å². The molecule has 2 amide bonds. The molecule has 9 nitrogen and oxygen atoms in total. The van der Waals surface area contributed by atoms with E-state index in [0.717, 1.165) is 11.3 Å². The molecule has 0 saturated heterocycles. The van der Waals surface area contributed by atoms with E-state index in [-0.39, 0.29) is 25.0 Å². The Kier molecular flexibility index (Phi) is 7.91. The number of amides is 2. The van der Waals surface area contributed by atoms with E-state index in [0.29, 0.717) is 40.8 Å². The van der Waals surface area contributed by atoms with E-state index in [1.807, 2.05) is 20.8 Å². The summed E-state index contributed by atoms with van der Waals surface area (Å²) in [5.74, 6) is 1.55. The topological polar surface area (TPSA) is 112 Å². The highest BCUT2D eigenvalue weighted by Crippen LogP contribution is 2.30. The van der Waals surface area contributed by atoms with Gasteiger partial charge in [-0.1, -0.05) is 11.2 Å². The SMILES string of the molecule is CCNC(=O)COc1cccc(NC(=O)c2ccc(OCc3c(C)noc3C)c(OC)c2)c1. The standard InChI is InChI=1S/C24H27N3O6/c1-5-25-23(28)14-31-19-8-6-7-18(12-19)26-24(29)17-9-10-21(22(11-17)30-4)32-13-20-15(2)27-33-16(20)3/h6-12H,5,13-14H2,1-4H3,(H,25,28)(H,26,29). The maximum atomic E-state index is 12.8. The Balaban J connectivity index is 1.65. The molecule has 0 atom stereocenters. The number of ether oxygens (including phenoxy) is 3. The molecule has 33 heavy (non-hydrogen) atoms. The molecule has 1 aromatic heterocycles. The van der Waals surface area contributed by atoms with Crippen LogP contribution in [0, 0.1) is 13.8 Å². The molecular weight excluding hydrogens is 426 g/mol. The normalized spacial score (nSPS) is 10.4. The lowest BCUT2D eigenvalue weighted by molar-refractivity contribution is -0.122. The highest BCUT2D eigenvalue weighted by atomic mass is 16.5. The zero-order chi connectivity index (χ0) is 23.8. The Bertz CT molecular complexity index is 1110. The van der Waals surface area contributed by atoms with Crippen molar-refractivity contribution in [1.82, 2.24) is 10.5 Å². The van der Waals surface area contributed by atoms with Gasteiger partial charge in [0.1, 0.15) is 18.1 Å². The number of carbonyl (C=O) groups excluding carboxylic acids is 2. The highest BCUT2D eigenvalue weighted by molar-refractivity contribution is 6.04. The van der Waals surface area contributed by atoms with Crippen LogP contribution in [0.15, 0.2) is 47.0 Å². The van der Waals surface area contributed by atoms with Crippen molar-refractivity contribution in [3.63, 3.8) is 0 Å². The molecule has 2 aromatic carbocycles. The summed E-state index contributed by atoms with van der Waals surface area (Å²) in [7, 11) is 1.51. The highest BCUT2D eigenvalue weighted by Gasteiger charge is 2.15. The summed E-state index contributed by atoms with van der Waals surface area (Å²) in [5.41, 5.74) is 2.56. The molecule has 174 valence electrons. The molecule has 0 aliphatic carbocycles. The number of benzene rings is 2. The minimum atomic E-state index is -0.327. The Morgan fingerprint density at radius 3 is 2.58 bits per heavy atom. The number of aryl methyl sites for hydroxylation is 2. The van der Waals surface area contributed by atoms with Gasteiger partial charge in [0.2, 0.25) is 0 Å². The van der Waals surface area contributed by atoms with Gasteiger partial charge in [-0.3, -0.25) is 9.59 Å². The van der Waals surface area contributed by atoms with E-state index in [2.05, 4.69) is 15.8 Å². The van der Waals surface area contributed by atoms with Crippen molar-refractivity contribution in [3.05, 3.63) is 65.0 Å². The fourth-order valence-corrected chi connectivity index (χ4v) is 3.05. The van der Waals surface area contributed by atoms with Crippen molar-refractivity contribution in [2.24, 2.45) is 0 Å². The fraction of sp³-hybridized carbons (Fsp3) is 0.292. The quantitative estimate of drug-likeness (QED) is 0.482. The smallest absolute Gasteiger partial charge is 0.257 e. The van der Waals surface area contributed by atoms with Gasteiger partial charge in [0, 0.05) is 23.9 Å². The molecule has 1 heterocycles. The molecular formula is C24H27N3O6. The minimum absolute atomic E-state index is 0.0994. The zero-order valence-corrected chi connectivity index (χ0v) is 19.1. The van der Waals surface area contributed by atoms with Gasteiger partial charge in [0.25, 0.3) is 11.8 Å². The van der Waals surface area contributed by atoms with E-state index in [1.54, 1.807) is 42.5 Å². The summed E-state index contributed by atoms with van der Waals surface area (Å²) in [6.45, 7) is 6.21. The summed E-state index contributed by atoms with van der Waals surface area (Å²) in [5, 5.41) is 9.39. The molecule has 2 N–H and O–H groups in total. The molecule has 3 rings (SSSR count). The van der Waals surface area contributed by atoms with Gasteiger partial charge in [-0.15, -0.1) is 0 Å². The maximum Gasteiger partial charge on any atom is 0.257 e. The molecule has 0 fully saturated rings. The third-order valence-corrected chi connectivity index (χ3v) is 4.81. The van der Waals surface area contributed by atoms with Crippen molar-refractivity contribution in [3.8, 4) is 17.2 Å². The van der Waals surface area contributed by atoms with Crippen LogP contribution in [-0.2, 0) is 11.4 Å². The van der Waals surface area contributed by atoms with Gasteiger partial charge < -0.3 is 29.4 Å². The van der Waals surface area contributed by atoms with Gasteiger partial charge in [0.15, 0.2) is 18.1 Å². The molecule has 9 heteroatoms. The van der Waals surface area contributed by atoms with Gasteiger partial charge in [-0.2, -0.15) is 0 Å². The average molecular weight is 453 g/mol. The summed E-state index contributed by atoms with van der Waals surface area (Å²) in [6.07, 6.45) is 0. The van der Waals surface area contributed by atoms with Crippen LogP contribution >= 0.6 is 0 Å². The molecule has 0 aliphatic heterocycles. The molecule has 0 bridgehead atoms. The van der Waals surface area contributed by atoms with Gasteiger partial charge >= 0.3 is 0 Å². The summed E-state index contributed by atoms with van der Waals surface area (Å²) >= 11 is 0.